The molecule has 2 aromatic rings. The average molecular weight is 325 g/mol. The van der Waals surface area contributed by atoms with E-state index in [4.69, 9.17) is 4.74 Å². The fraction of sp³-hybridized carbons (Fsp3) is 0.462. The molecule has 2 rings (SSSR count). The first-order chi connectivity index (χ1) is 10.5. The second-order valence-corrected chi connectivity index (χ2v) is 6.50. The number of rotatable bonds is 7. The normalized spacial score (nSPS) is 13.0. The quantitative estimate of drug-likeness (QED) is 0.811. The molecular formula is C13H19N5O3S. The zero-order chi connectivity index (χ0) is 16.2. The SMILES string of the molecule is CCn1c(OC)nnc1[C@@H](C)NS(=O)(=O)Cc1ccncc1. The molecule has 0 saturated heterocycles. The van der Waals surface area contributed by atoms with Crippen LogP contribution < -0.4 is 9.46 Å². The summed E-state index contributed by atoms with van der Waals surface area (Å²) in [6.07, 6.45) is 3.12. The molecule has 2 heterocycles. The van der Waals surface area contributed by atoms with Crippen molar-refractivity contribution >= 4 is 10.0 Å². The third-order valence-corrected chi connectivity index (χ3v) is 4.52. The summed E-state index contributed by atoms with van der Waals surface area (Å²) in [5.41, 5.74) is 0.671. The Morgan fingerprint density at radius 1 is 1.32 bits per heavy atom. The minimum atomic E-state index is -3.50. The van der Waals surface area contributed by atoms with Crippen LogP contribution in [0.4, 0.5) is 0 Å². The molecule has 1 atom stereocenters. The maximum absolute atomic E-state index is 12.2. The minimum Gasteiger partial charge on any atom is -0.467 e. The maximum atomic E-state index is 12.2. The molecule has 0 radical (unpaired) electrons. The van der Waals surface area contributed by atoms with Gasteiger partial charge in [-0.2, -0.15) is 0 Å². The zero-order valence-electron chi connectivity index (χ0n) is 12.7. The highest BCUT2D eigenvalue weighted by molar-refractivity contribution is 7.88. The van der Waals surface area contributed by atoms with E-state index < -0.39 is 16.1 Å². The summed E-state index contributed by atoms with van der Waals surface area (Å²) in [5, 5.41) is 7.89. The first kappa shape index (κ1) is 16.4. The van der Waals surface area contributed by atoms with Crippen molar-refractivity contribution < 1.29 is 13.2 Å². The first-order valence-electron chi connectivity index (χ1n) is 6.82. The van der Waals surface area contributed by atoms with Gasteiger partial charge in [-0.25, -0.2) is 13.1 Å². The summed E-state index contributed by atoms with van der Waals surface area (Å²) in [5.74, 6) is 0.398. The van der Waals surface area contributed by atoms with Gasteiger partial charge in [0, 0.05) is 18.9 Å². The standard InChI is InChI=1S/C13H19N5O3S/c1-4-18-12(15-16-13(18)21-3)10(2)17-22(19,20)9-11-5-7-14-8-6-11/h5-8,10,17H,4,9H2,1-3H3/t10-/m1/s1. The molecule has 0 saturated carbocycles. The van der Waals surface area contributed by atoms with Gasteiger partial charge in [0.1, 0.15) is 0 Å². The van der Waals surface area contributed by atoms with Gasteiger partial charge >= 0.3 is 6.01 Å². The lowest BCUT2D eigenvalue weighted by molar-refractivity contribution is 0.354. The first-order valence-corrected chi connectivity index (χ1v) is 8.48. The molecule has 0 unspecified atom stereocenters. The molecule has 9 heteroatoms. The lowest BCUT2D eigenvalue weighted by Crippen LogP contribution is -2.30. The van der Waals surface area contributed by atoms with Gasteiger partial charge in [-0.05, 0) is 31.5 Å². The Morgan fingerprint density at radius 2 is 2.00 bits per heavy atom. The number of nitrogens with one attached hydrogen (secondary N) is 1. The summed E-state index contributed by atoms with van der Waals surface area (Å²) in [4.78, 5) is 3.87. The Balaban J connectivity index is 2.14. The second kappa shape index (κ2) is 6.84. The molecule has 0 aliphatic heterocycles. The number of hydrogen-bond acceptors (Lipinski definition) is 6. The fourth-order valence-corrected chi connectivity index (χ4v) is 3.49. The molecule has 0 spiro atoms. The van der Waals surface area contributed by atoms with Gasteiger partial charge in [0.15, 0.2) is 5.82 Å². The van der Waals surface area contributed by atoms with Gasteiger partial charge in [-0.3, -0.25) is 9.55 Å². The summed E-state index contributed by atoms with van der Waals surface area (Å²) in [7, 11) is -2.01. The number of ether oxygens (including phenoxy) is 1. The molecule has 120 valence electrons. The van der Waals surface area contributed by atoms with E-state index in [2.05, 4.69) is 19.9 Å². The smallest absolute Gasteiger partial charge is 0.316 e. The highest BCUT2D eigenvalue weighted by Gasteiger charge is 2.22. The van der Waals surface area contributed by atoms with Crippen LogP contribution in [-0.2, 0) is 22.3 Å². The van der Waals surface area contributed by atoms with E-state index in [-0.39, 0.29) is 5.75 Å². The molecule has 0 amide bonds. The second-order valence-electron chi connectivity index (χ2n) is 4.74. The van der Waals surface area contributed by atoms with E-state index in [9.17, 15) is 8.42 Å². The Hall–Kier alpha value is -2.00. The van der Waals surface area contributed by atoms with Gasteiger partial charge in [-0.15, -0.1) is 5.10 Å². The van der Waals surface area contributed by atoms with E-state index in [1.165, 1.54) is 7.11 Å². The Morgan fingerprint density at radius 3 is 2.59 bits per heavy atom. The number of hydrogen-bond donors (Lipinski definition) is 1. The number of pyridine rings is 1. The van der Waals surface area contributed by atoms with Crippen LogP contribution in [0.2, 0.25) is 0 Å². The van der Waals surface area contributed by atoms with E-state index >= 15 is 0 Å². The molecule has 0 bridgehead atoms. The van der Waals surface area contributed by atoms with E-state index in [0.717, 1.165) is 0 Å². The average Bonchev–Trinajstić information content (AvgIpc) is 2.90. The third-order valence-electron chi connectivity index (χ3n) is 3.09. The molecule has 8 nitrogen and oxygen atoms in total. The van der Waals surface area contributed by atoms with Gasteiger partial charge in [0.05, 0.1) is 18.9 Å². The van der Waals surface area contributed by atoms with Crippen LogP contribution >= 0.6 is 0 Å². The van der Waals surface area contributed by atoms with Crippen molar-refractivity contribution in [3.05, 3.63) is 35.9 Å². The lowest BCUT2D eigenvalue weighted by Gasteiger charge is -2.15. The van der Waals surface area contributed by atoms with Crippen molar-refractivity contribution in [2.45, 2.75) is 32.2 Å². The molecule has 22 heavy (non-hydrogen) atoms. The highest BCUT2D eigenvalue weighted by atomic mass is 32.2. The van der Waals surface area contributed by atoms with Gasteiger partial charge in [0.2, 0.25) is 10.0 Å². The molecule has 0 aliphatic carbocycles. The van der Waals surface area contributed by atoms with E-state index in [0.29, 0.717) is 23.9 Å². The topological polar surface area (TPSA) is 99.0 Å². The predicted molar refractivity (Wildman–Crippen MR) is 80.7 cm³/mol. The summed E-state index contributed by atoms with van der Waals surface area (Å²) in [6.45, 7) is 4.22. The number of sulfonamides is 1. The molecule has 0 fully saturated rings. The Kier molecular flexibility index (Phi) is 5.09. The molecule has 1 N–H and O–H groups in total. The number of aromatic nitrogens is 4. The summed E-state index contributed by atoms with van der Waals surface area (Å²) < 4.78 is 33.9. The van der Waals surface area contributed by atoms with Crippen molar-refractivity contribution in [1.82, 2.24) is 24.5 Å². The van der Waals surface area contributed by atoms with Gasteiger partial charge in [-0.1, -0.05) is 5.10 Å². The van der Waals surface area contributed by atoms with Crippen molar-refractivity contribution in [2.75, 3.05) is 7.11 Å². The Labute approximate surface area is 129 Å². The van der Waals surface area contributed by atoms with E-state index in [1.54, 1.807) is 36.0 Å². The fourth-order valence-electron chi connectivity index (χ4n) is 2.13. The van der Waals surface area contributed by atoms with Crippen LogP contribution in [0.1, 0.15) is 31.3 Å². The predicted octanol–water partition coefficient (Wildman–Crippen LogP) is 0.882. The Bertz CT molecular complexity index is 715. The molecular weight excluding hydrogens is 306 g/mol. The monoisotopic (exact) mass is 325 g/mol. The minimum absolute atomic E-state index is 0.114. The molecule has 0 aromatic carbocycles. The number of nitrogens with zero attached hydrogens (tertiary/aromatic N) is 4. The van der Waals surface area contributed by atoms with Crippen molar-refractivity contribution in [1.29, 1.82) is 0 Å². The number of methoxy groups -OCH3 is 1. The maximum Gasteiger partial charge on any atom is 0.316 e. The molecule has 2 aromatic heterocycles. The summed E-state index contributed by atoms with van der Waals surface area (Å²) >= 11 is 0. The van der Waals surface area contributed by atoms with E-state index in [1.807, 2.05) is 6.92 Å². The van der Waals surface area contributed by atoms with Crippen LogP contribution in [-0.4, -0.2) is 35.3 Å². The lowest BCUT2D eigenvalue weighted by atomic mass is 10.3. The summed E-state index contributed by atoms with van der Waals surface area (Å²) in [6, 6.07) is 3.18. The third kappa shape index (κ3) is 3.80. The van der Waals surface area contributed by atoms with Crippen LogP contribution in [0.5, 0.6) is 6.01 Å². The van der Waals surface area contributed by atoms with Crippen LogP contribution in [0, 0.1) is 0 Å². The highest BCUT2D eigenvalue weighted by Crippen LogP contribution is 2.17. The van der Waals surface area contributed by atoms with Gasteiger partial charge < -0.3 is 4.74 Å². The van der Waals surface area contributed by atoms with Crippen molar-refractivity contribution in [3.8, 4) is 6.01 Å². The van der Waals surface area contributed by atoms with Gasteiger partial charge in [0.25, 0.3) is 0 Å². The largest absolute Gasteiger partial charge is 0.467 e. The zero-order valence-corrected chi connectivity index (χ0v) is 13.5. The molecule has 0 aliphatic rings. The van der Waals surface area contributed by atoms with Crippen LogP contribution in [0.15, 0.2) is 24.5 Å². The van der Waals surface area contributed by atoms with Crippen LogP contribution in [0.3, 0.4) is 0 Å². The van der Waals surface area contributed by atoms with Crippen molar-refractivity contribution in [2.24, 2.45) is 0 Å². The van der Waals surface area contributed by atoms with Crippen molar-refractivity contribution in [3.63, 3.8) is 0 Å². The van der Waals surface area contributed by atoms with Crippen LogP contribution in [0.25, 0.3) is 0 Å².